The highest BCUT2D eigenvalue weighted by Crippen LogP contribution is 2.40. The Morgan fingerprint density at radius 1 is 1.26 bits per heavy atom. The van der Waals surface area contributed by atoms with Gasteiger partial charge in [0.05, 0.1) is 10.6 Å². The van der Waals surface area contributed by atoms with Crippen LogP contribution >= 0.6 is 11.6 Å². The van der Waals surface area contributed by atoms with E-state index in [4.69, 9.17) is 11.6 Å². The Hall–Kier alpha value is -1.14. The van der Waals surface area contributed by atoms with Crippen LogP contribution in [0.3, 0.4) is 0 Å². The first kappa shape index (κ1) is 14.3. The molecular weight excluding hydrogens is 281 g/mol. The van der Waals surface area contributed by atoms with Crippen molar-refractivity contribution in [2.24, 2.45) is 5.18 Å². The Balaban J connectivity index is 2.41. The van der Waals surface area contributed by atoms with Gasteiger partial charge in [-0.05, 0) is 43.6 Å². The Labute approximate surface area is 113 Å². The molecule has 0 aromatic heterocycles. The van der Waals surface area contributed by atoms with E-state index in [0.29, 0.717) is 31.5 Å². The minimum atomic E-state index is -4.49. The van der Waals surface area contributed by atoms with E-state index in [1.165, 1.54) is 12.1 Å². The lowest BCUT2D eigenvalue weighted by Crippen LogP contribution is -2.38. The highest BCUT2D eigenvalue weighted by atomic mass is 35.5. The number of hydrogen-bond donors (Lipinski definition) is 1. The van der Waals surface area contributed by atoms with Crippen molar-refractivity contribution in [3.05, 3.63) is 39.3 Å². The minimum absolute atomic E-state index is 0.397. The number of nitrogens with zero attached hydrogens (tertiary/aromatic N) is 1. The second kappa shape index (κ2) is 5.09. The lowest BCUT2D eigenvalue weighted by atomic mass is 9.82. The summed E-state index contributed by atoms with van der Waals surface area (Å²) in [6, 6.07) is 3.41. The van der Waals surface area contributed by atoms with Gasteiger partial charge < -0.3 is 5.32 Å². The largest absolute Gasteiger partial charge is 0.417 e. The van der Waals surface area contributed by atoms with Crippen molar-refractivity contribution in [2.45, 2.75) is 24.6 Å². The second-order valence-electron chi connectivity index (χ2n) is 4.57. The summed E-state index contributed by atoms with van der Waals surface area (Å²) in [7, 11) is 0. The SMILES string of the molecule is O=NC1(c2ccc(C(F)(F)F)c(Cl)c2)CCNCC1. The highest BCUT2D eigenvalue weighted by Gasteiger charge is 2.38. The summed E-state index contributed by atoms with van der Waals surface area (Å²) in [5.41, 5.74) is -1.42. The van der Waals surface area contributed by atoms with E-state index >= 15 is 0 Å². The van der Waals surface area contributed by atoms with Gasteiger partial charge in [0.2, 0.25) is 0 Å². The first-order valence-electron chi connectivity index (χ1n) is 5.81. The van der Waals surface area contributed by atoms with Crippen molar-refractivity contribution in [3.63, 3.8) is 0 Å². The number of benzene rings is 1. The smallest absolute Gasteiger partial charge is 0.317 e. The van der Waals surface area contributed by atoms with Crippen molar-refractivity contribution in [1.29, 1.82) is 0 Å². The van der Waals surface area contributed by atoms with Crippen molar-refractivity contribution in [2.75, 3.05) is 13.1 Å². The fraction of sp³-hybridized carbons (Fsp3) is 0.500. The number of nitrogens with one attached hydrogen (secondary N) is 1. The lowest BCUT2D eigenvalue weighted by Gasteiger charge is -2.31. The van der Waals surface area contributed by atoms with E-state index in [1.54, 1.807) is 0 Å². The number of piperidine rings is 1. The van der Waals surface area contributed by atoms with Gasteiger partial charge in [0.25, 0.3) is 0 Å². The van der Waals surface area contributed by atoms with Crippen LogP contribution in [0.25, 0.3) is 0 Å². The Morgan fingerprint density at radius 2 is 1.89 bits per heavy atom. The molecule has 104 valence electrons. The molecule has 1 aromatic carbocycles. The van der Waals surface area contributed by atoms with Crippen molar-refractivity contribution < 1.29 is 13.2 Å². The maximum atomic E-state index is 12.6. The van der Waals surface area contributed by atoms with Crippen LogP contribution in [-0.2, 0) is 11.7 Å². The predicted molar refractivity (Wildman–Crippen MR) is 66.0 cm³/mol. The van der Waals surface area contributed by atoms with Crippen molar-refractivity contribution in [1.82, 2.24) is 5.32 Å². The van der Waals surface area contributed by atoms with Crippen LogP contribution in [0.2, 0.25) is 5.02 Å². The van der Waals surface area contributed by atoms with E-state index < -0.39 is 22.3 Å². The molecule has 0 aliphatic carbocycles. The molecule has 0 saturated carbocycles. The lowest BCUT2D eigenvalue weighted by molar-refractivity contribution is -0.137. The molecule has 1 aliphatic rings. The number of alkyl halides is 3. The molecule has 0 atom stereocenters. The van der Waals surface area contributed by atoms with Gasteiger partial charge in [-0.2, -0.15) is 13.2 Å². The average Bonchev–Trinajstić information content (AvgIpc) is 2.38. The predicted octanol–water partition coefficient (Wildman–Crippen LogP) is 3.70. The van der Waals surface area contributed by atoms with Gasteiger partial charge in [0, 0.05) is 0 Å². The van der Waals surface area contributed by atoms with Gasteiger partial charge in [-0.3, -0.25) is 0 Å². The van der Waals surface area contributed by atoms with Crippen LogP contribution in [0.1, 0.15) is 24.0 Å². The maximum Gasteiger partial charge on any atom is 0.417 e. The molecule has 1 N–H and O–H groups in total. The van der Waals surface area contributed by atoms with E-state index in [2.05, 4.69) is 10.5 Å². The molecule has 7 heteroatoms. The van der Waals surface area contributed by atoms with E-state index in [1.807, 2.05) is 0 Å². The topological polar surface area (TPSA) is 41.5 Å². The summed E-state index contributed by atoms with van der Waals surface area (Å²) in [6.45, 7) is 1.20. The molecule has 0 unspecified atom stereocenters. The number of halogens is 4. The fourth-order valence-corrected chi connectivity index (χ4v) is 2.60. The van der Waals surface area contributed by atoms with Crippen LogP contribution in [-0.4, -0.2) is 13.1 Å². The Morgan fingerprint density at radius 3 is 2.37 bits per heavy atom. The molecule has 1 aliphatic heterocycles. The molecule has 1 saturated heterocycles. The second-order valence-corrected chi connectivity index (χ2v) is 4.97. The first-order valence-corrected chi connectivity index (χ1v) is 6.19. The first-order chi connectivity index (χ1) is 8.89. The third kappa shape index (κ3) is 2.74. The van der Waals surface area contributed by atoms with E-state index in [0.717, 1.165) is 6.07 Å². The third-order valence-electron chi connectivity index (χ3n) is 3.42. The zero-order valence-corrected chi connectivity index (χ0v) is 10.7. The van der Waals surface area contributed by atoms with E-state index in [-0.39, 0.29) is 0 Å². The standard InChI is InChI=1S/C12H12ClF3N2O/c13-10-7-8(1-2-9(10)12(14,15)16)11(18-19)3-5-17-6-4-11/h1-2,7,17H,3-6H2. The number of nitroso groups, excluding NO2 is 1. The summed E-state index contributed by atoms with van der Waals surface area (Å²) in [5.74, 6) is 0. The summed E-state index contributed by atoms with van der Waals surface area (Å²) in [5, 5.41) is 5.84. The van der Waals surface area contributed by atoms with Gasteiger partial charge in [0.15, 0.2) is 0 Å². The van der Waals surface area contributed by atoms with Gasteiger partial charge >= 0.3 is 6.18 Å². The molecule has 2 rings (SSSR count). The van der Waals surface area contributed by atoms with Gasteiger partial charge in [-0.25, -0.2) is 0 Å². The molecule has 0 spiro atoms. The molecule has 0 amide bonds. The zero-order chi connectivity index (χ0) is 14.1. The monoisotopic (exact) mass is 292 g/mol. The number of rotatable bonds is 2. The maximum absolute atomic E-state index is 12.6. The van der Waals surface area contributed by atoms with Crippen LogP contribution in [0.4, 0.5) is 13.2 Å². The Bertz CT molecular complexity index is 484. The molecule has 0 bridgehead atoms. The van der Waals surface area contributed by atoms with Gasteiger partial charge in [-0.15, -0.1) is 4.91 Å². The quantitative estimate of drug-likeness (QED) is 0.844. The van der Waals surface area contributed by atoms with Crippen LogP contribution in [0.5, 0.6) is 0 Å². The molecule has 3 nitrogen and oxygen atoms in total. The van der Waals surface area contributed by atoms with Gasteiger partial charge in [0.1, 0.15) is 5.54 Å². The van der Waals surface area contributed by atoms with Crippen molar-refractivity contribution in [3.8, 4) is 0 Å². The Kier molecular flexibility index (Phi) is 3.82. The summed E-state index contributed by atoms with van der Waals surface area (Å²) in [6.07, 6.45) is -3.58. The molecule has 0 radical (unpaired) electrons. The number of hydrogen-bond acceptors (Lipinski definition) is 3. The minimum Gasteiger partial charge on any atom is -0.317 e. The summed E-state index contributed by atoms with van der Waals surface area (Å²) < 4.78 is 37.9. The molecule has 1 fully saturated rings. The van der Waals surface area contributed by atoms with E-state index in [9.17, 15) is 18.1 Å². The summed E-state index contributed by atoms with van der Waals surface area (Å²) >= 11 is 5.67. The fourth-order valence-electron chi connectivity index (χ4n) is 2.31. The van der Waals surface area contributed by atoms with Crippen molar-refractivity contribution >= 4 is 11.6 Å². The third-order valence-corrected chi connectivity index (χ3v) is 3.73. The normalized spacial score (nSPS) is 19.2. The summed E-state index contributed by atoms with van der Waals surface area (Å²) in [4.78, 5) is 11.1. The molecule has 19 heavy (non-hydrogen) atoms. The van der Waals surface area contributed by atoms with Crippen LogP contribution < -0.4 is 5.32 Å². The highest BCUT2D eigenvalue weighted by molar-refractivity contribution is 6.31. The molecule has 1 heterocycles. The molecule has 1 aromatic rings. The van der Waals surface area contributed by atoms with Crippen LogP contribution in [0.15, 0.2) is 23.4 Å². The van der Waals surface area contributed by atoms with Crippen LogP contribution in [0, 0.1) is 4.91 Å². The zero-order valence-electron chi connectivity index (χ0n) is 9.93. The average molecular weight is 293 g/mol. The van der Waals surface area contributed by atoms with Gasteiger partial charge in [-0.1, -0.05) is 22.8 Å². The molecular formula is C12H12ClF3N2O.